The Morgan fingerprint density at radius 2 is 1.85 bits per heavy atom. The molecule has 0 amide bonds. The van der Waals surface area contributed by atoms with Crippen molar-refractivity contribution in [3.05, 3.63) is 75.2 Å². The third-order valence-corrected chi connectivity index (χ3v) is 5.17. The van der Waals surface area contributed by atoms with E-state index in [1.807, 2.05) is 7.05 Å². The third-order valence-electron chi connectivity index (χ3n) is 4.27. The Hall–Kier alpha value is -2.28. The van der Waals surface area contributed by atoms with Crippen LogP contribution in [0.25, 0.3) is 10.1 Å². The second-order valence-corrected chi connectivity index (χ2v) is 7.26. The molecule has 0 radical (unpaired) electrons. The van der Waals surface area contributed by atoms with Crippen molar-refractivity contribution >= 4 is 27.1 Å². The summed E-state index contributed by atoms with van der Waals surface area (Å²) in [6, 6.07) is 15.4. The maximum atomic E-state index is 10.7. The number of hydrogen-bond donors (Lipinski definition) is 0. The van der Waals surface area contributed by atoms with Gasteiger partial charge in [-0.3, -0.25) is 15.0 Å². The number of benzene rings is 2. The number of rotatable bonds is 9. The number of nitro benzene ring substituents is 1. The monoisotopic (exact) mass is 370 g/mol. The summed E-state index contributed by atoms with van der Waals surface area (Å²) in [6.07, 6.45) is 0.915. The summed E-state index contributed by atoms with van der Waals surface area (Å²) in [5.74, 6) is 0. The summed E-state index contributed by atoms with van der Waals surface area (Å²) < 4.78 is 7.08. The van der Waals surface area contributed by atoms with E-state index in [0.29, 0.717) is 13.2 Å². The minimum atomic E-state index is -0.378. The summed E-state index contributed by atoms with van der Waals surface area (Å²) in [5.41, 5.74) is 2.48. The van der Waals surface area contributed by atoms with Crippen molar-refractivity contribution in [2.75, 3.05) is 26.8 Å². The van der Waals surface area contributed by atoms with Crippen LogP contribution >= 0.6 is 11.3 Å². The predicted molar refractivity (Wildman–Crippen MR) is 106 cm³/mol. The summed E-state index contributed by atoms with van der Waals surface area (Å²) >= 11 is 1.76. The second kappa shape index (κ2) is 8.89. The van der Waals surface area contributed by atoms with Gasteiger partial charge in [-0.2, -0.15) is 0 Å². The van der Waals surface area contributed by atoms with E-state index in [2.05, 4.69) is 34.5 Å². The van der Waals surface area contributed by atoms with Crippen LogP contribution < -0.4 is 0 Å². The van der Waals surface area contributed by atoms with Crippen molar-refractivity contribution in [2.45, 2.75) is 13.0 Å². The molecule has 5 nitrogen and oxygen atoms in total. The lowest BCUT2D eigenvalue weighted by molar-refractivity contribution is -0.384. The highest BCUT2D eigenvalue weighted by atomic mass is 32.1. The van der Waals surface area contributed by atoms with Crippen LogP contribution in [0.4, 0.5) is 5.69 Å². The SMILES string of the molecule is CN(CCOCCc1ccc2sccc2c1)Cc1ccc([N+](=O)[O-])cc1. The molecule has 0 spiro atoms. The molecule has 0 aliphatic carbocycles. The zero-order valence-corrected chi connectivity index (χ0v) is 15.6. The minimum absolute atomic E-state index is 0.125. The molecule has 0 unspecified atom stereocenters. The molecule has 26 heavy (non-hydrogen) atoms. The van der Waals surface area contributed by atoms with Crippen molar-refractivity contribution < 1.29 is 9.66 Å². The molecule has 0 N–H and O–H groups in total. The van der Waals surface area contributed by atoms with Crippen LogP contribution in [0.5, 0.6) is 0 Å². The molecule has 0 saturated heterocycles. The lowest BCUT2D eigenvalue weighted by Gasteiger charge is -2.16. The van der Waals surface area contributed by atoms with Crippen LogP contribution in [0.15, 0.2) is 53.9 Å². The number of nitro groups is 1. The maximum absolute atomic E-state index is 10.7. The molecular formula is C20H22N2O3S. The van der Waals surface area contributed by atoms with Gasteiger partial charge in [-0.15, -0.1) is 11.3 Å². The van der Waals surface area contributed by atoms with Gasteiger partial charge in [-0.1, -0.05) is 24.3 Å². The van der Waals surface area contributed by atoms with E-state index in [9.17, 15) is 10.1 Å². The Morgan fingerprint density at radius 3 is 2.62 bits per heavy atom. The second-order valence-electron chi connectivity index (χ2n) is 6.32. The lowest BCUT2D eigenvalue weighted by atomic mass is 10.1. The predicted octanol–water partition coefficient (Wildman–Crippen LogP) is 4.50. The van der Waals surface area contributed by atoms with E-state index in [1.165, 1.54) is 15.6 Å². The molecule has 0 atom stereocenters. The maximum Gasteiger partial charge on any atom is 0.269 e. The lowest BCUT2D eigenvalue weighted by Crippen LogP contribution is -2.23. The van der Waals surface area contributed by atoms with Crippen molar-refractivity contribution in [1.82, 2.24) is 4.90 Å². The molecule has 3 rings (SSSR count). The first kappa shape index (κ1) is 18.5. The topological polar surface area (TPSA) is 55.6 Å². The number of nitrogens with zero attached hydrogens (tertiary/aromatic N) is 2. The largest absolute Gasteiger partial charge is 0.380 e. The Balaban J connectivity index is 1.35. The number of hydrogen-bond acceptors (Lipinski definition) is 5. The van der Waals surface area contributed by atoms with Crippen LogP contribution in [0.2, 0.25) is 0 Å². The van der Waals surface area contributed by atoms with Crippen LogP contribution in [-0.4, -0.2) is 36.6 Å². The average molecular weight is 370 g/mol. The average Bonchev–Trinajstić information content (AvgIpc) is 3.09. The Labute approximate surface area is 157 Å². The van der Waals surface area contributed by atoms with Crippen LogP contribution in [0, 0.1) is 10.1 Å². The Kier molecular flexibility index (Phi) is 6.33. The van der Waals surface area contributed by atoms with E-state index >= 15 is 0 Å². The zero-order valence-electron chi connectivity index (χ0n) is 14.8. The Morgan fingerprint density at radius 1 is 1.08 bits per heavy atom. The fraction of sp³-hybridized carbons (Fsp3) is 0.300. The summed E-state index contributed by atoms with van der Waals surface area (Å²) in [6.45, 7) is 2.95. The molecule has 0 aliphatic rings. The summed E-state index contributed by atoms with van der Waals surface area (Å²) in [7, 11) is 2.02. The van der Waals surface area contributed by atoms with Gasteiger partial charge >= 0.3 is 0 Å². The van der Waals surface area contributed by atoms with Crippen LogP contribution in [0.1, 0.15) is 11.1 Å². The van der Waals surface area contributed by atoms with Gasteiger partial charge in [-0.25, -0.2) is 0 Å². The van der Waals surface area contributed by atoms with Crippen molar-refractivity contribution in [3.63, 3.8) is 0 Å². The number of non-ortho nitro benzene ring substituents is 1. The van der Waals surface area contributed by atoms with Crippen LogP contribution in [-0.2, 0) is 17.7 Å². The standard InChI is InChI=1S/C20H22N2O3S/c1-21(15-17-2-5-19(6-3-17)22(23)24)10-12-25-11-8-16-4-7-20-18(14-16)9-13-26-20/h2-7,9,13-14H,8,10-12,15H2,1H3. The molecule has 2 aromatic carbocycles. The summed E-state index contributed by atoms with van der Waals surface area (Å²) in [4.78, 5) is 12.4. The van der Waals surface area contributed by atoms with Crippen molar-refractivity contribution in [3.8, 4) is 0 Å². The van der Waals surface area contributed by atoms with Gasteiger partial charge < -0.3 is 4.74 Å². The molecule has 0 aliphatic heterocycles. The van der Waals surface area contributed by atoms with Gasteiger partial charge in [0.1, 0.15) is 0 Å². The fourth-order valence-corrected chi connectivity index (χ4v) is 3.57. The smallest absolute Gasteiger partial charge is 0.269 e. The van der Waals surface area contributed by atoms with Crippen LogP contribution in [0.3, 0.4) is 0 Å². The fourth-order valence-electron chi connectivity index (χ4n) is 2.80. The molecule has 0 saturated carbocycles. The van der Waals surface area contributed by atoms with Gasteiger partial charge in [0, 0.05) is 29.9 Å². The van der Waals surface area contributed by atoms with Gasteiger partial charge in [-0.05, 0) is 47.5 Å². The van der Waals surface area contributed by atoms with Gasteiger partial charge in [0.15, 0.2) is 0 Å². The molecule has 136 valence electrons. The third kappa shape index (κ3) is 5.11. The number of thiophene rings is 1. The van der Waals surface area contributed by atoms with E-state index < -0.39 is 0 Å². The van der Waals surface area contributed by atoms with Gasteiger partial charge in [0.25, 0.3) is 5.69 Å². The highest BCUT2D eigenvalue weighted by molar-refractivity contribution is 7.17. The quantitative estimate of drug-likeness (QED) is 0.316. The molecular weight excluding hydrogens is 348 g/mol. The number of likely N-dealkylation sites (N-methyl/N-ethyl adjacent to an activating group) is 1. The van der Waals surface area contributed by atoms with E-state index in [-0.39, 0.29) is 10.6 Å². The zero-order chi connectivity index (χ0) is 18.4. The highest BCUT2D eigenvalue weighted by Crippen LogP contribution is 2.21. The molecule has 1 heterocycles. The van der Waals surface area contributed by atoms with Gasteiger partial charge in [0.05, 0.1) is 18.1 Å². The molecule has 3 aromatic rings. The van der Waals surface area contributed by atoms with E-state index in [0.717, 1.165) is 25.1 Å². The molecule has 6 heteroatoms. The van der Waals surface area contributed by atoms with Gasteiger partial charge in [0.2, 0.25) is 0 Å². The number of ether oxygens (including phenoxy) is 1. The summed E-state index contributed by atoms with van der Waals surface area (Å²) in [5, 5.41) is 14.1. The van der Waals surface area contributed by atoms with E-state index in [4.69, 9.17) is 4.74 Å². The Bertz CT molecular complexity index is 861. The van der Waals surface area contributed by atoms with E-state index in [1.54, 1.807) is 35.6 Å². The van der Waals surface area contributed by atoms with Crippen molar-refractivity contribution in [2.24, 2.45) is 0 Å². The number of fused-ring (bicyclic) bond motifs is 1. The first-order chi connectivity index (χ1) is 12.6. The molecule has 0 bridgehead atoms. The molecule has 0 fully saturated rings. The van der Waals surface area contributed by atoms with Crippen molar-refractivity contribution in [1.29, 1.82) is 0 Å². The normalized spacial score (nSPS) is 11.3. The highest BCUT2D eigenvalue weighted by Gasteiger charge is 2.06. The minimum Gasteiger partial charge on any atom is -0.380 e. The first-order valence-electron chi connectivity index (χ1n) is 8.57. The first-order valence-corrected chi connectivity index (χ1v) is 9.45. The molecule has 1 aromatic heterocycles.